The fraction of sp³-hybridized carbons (Fsp3) is 1.00. The second kappa shape index (κ2) is 4.02. The standard InChI is InChI=1S/C13H26/c1-6-12(8-7-10(2)3)13(5)9-11(13)4/h10-12H,6-9H2,1-5H3. The van der Waals surface area contributed by atoms with Crippen molar-refractivity contribution in [3.63, 3.8) is 0 Å². The Balaban J connectivity index is 2.36. The van der Waals surface area contributed by atoms with Crippen LogP contribution in [0.1, 0.15) is 60.3 Å². The summed E-state index contributed by atoms with van der Waals surface area (Å²) in [6.45, 7) is 11.9. The van der Waals surface area contributed by atoms with Gasteiger partial charge in [0.2, 0.25) is 0 Å². The Kier molecular flexibility index (Phi) is 3.43. The normalized spacial score (nSPS) is 35.1. The topological polar surface area (TPSA) is 0 Å². The van der Waals surface area contributed by atoms with Crippen molar-refractivity contribution >= 4 is 0 Å². The molecule has 0 aromatic heterocycles. The summed E-state index contributed by atoms with van der Waals surface area (Å²) in [5, 5.41) is 0. The number of hydrogen-bond donors (Lipinski definition) is 0. The highest BCUT2D eigenvalue weighted by Gasteiger charge is 2.50. The van der Waals surface area contributed by atoms with Crippen LogP contribution in [0.3, 0.4) is 0 Å². The summed E-state index contributed by atoms with van der Waals surface area (Å²) < 4.78 is 0. The van der Waals surface area contributed by atoms with Crippen molar-refractivity contribution in [2.24, 2.45) is 23.2 Å². The van der Waals surface area contributed by atoms with E-state index >= 15 is 0 Å². The minimum absolute atomic E-state index is 0.712. The van der Waals surface area contributed by atoms with Gasteiger partial charge in [0.25, 0.3) is 0 Å². The Bertz CT molecular complexity index is 159. The van der Waals surface area contributed by atoms with Gasteiger partial charge in [-0.05, 0) is 36.0 Å². The molecule has 1 aliphatic rings. The molecule has 0 N–H and O–H groups in total. The van der Waals surface area contributed by atoms with E-state index in [1.165, 1.54) is 25.7 Å². The van der Waals surface area contributed by atoms with Gasteiger partial charge in [0.1, 0.15) is 0 Å². The molecule has 0 aliphatic heterocycles. The van der Waals surface area contributed by atoms with Crippen LogP contribution in [-0.2, 0) is 0 Å². The first-order valence-corrected chi connectivity index (χ1v) is 6.00. The summed E-state index contributed by atoms with van der Waals surface area (Å²) in [5.74, 6) is 2.86. The van der Waals surface area contributed by atoms with Gasteiger partial charge in [-0.15, -0.1) is 0 Å². The Morgan fingerprint density at radius 2 is 1.85 bits per heavy atom. The first kappa shape index (κ1) is 11.1. The predicted octanol–water partition coefficient (Wildman–Crippen LogP) is 4.49. The monoisotopic (exact) mass is 182 g/mol. The minimum atomic E-state index is 0.712. The van der Waals surface area contributed by atoms with Crippen LogP contribution in [0.15, 0.2) is 0 Å². The van der Waals surface area contributed by atoms with Crippen molar-refractivity contribution < 1.29 is 0 Å². The van der Waals surface area contributed by atoms with Crippen LogP contribution in [0.25, 0.3) is 0 Å². The molecule has 3 atom stereocenters. The quantitative estimate of drug-likeness (QED) is 0.587. The molecular weight excluding hydrogens is 156 g/mol. The largest absolute Gasteiger partial charge is 0.0651 e. The van der Waals surface area contributed by atoms with Crippen molar-refractivity contribution in [1.82, 2.24) is 0 Å². The van der Waals surface area contributed by atoms with Gasteiger partial charge in [-0.3, -0.25) is 0 Å². The molecule has 0 nitrogen and oxygen atoms in total. The van der Waals surface area contributed by atoms with Crippen LogP contribution >= 0.6 is 0 Å². The average molecular weight is 182 g/mol. The van der Waals surface area contributed by atoms with Gasteiger partial charge >= 0.3 is 0 Å². The van der Waals surface area contributed by atoms with Crippen LogP contribution in [0.2, 0.25) is 0 Å². The zero-order valence-electron chi connectivity index (χ0n) is 10.1. The number of rotatable bonds is 5. The summed E-state index contributed by atoms with van der Waals surface area (Å²) in [6.07, 6.45) is 5.73. The summed E-state index contributed by atoms with van der Waals surface area (Å²) in [6, 6.07) is 0. The van der Waals surface area contributed by atoms with Crippen LogP contribution in [0.4, 0.5) is 0 Å². The van der Waals surface area contributed by atoms with Crippen molar-refractivity contribution in [2.75, 3.05) is 0 Å². The van der Waals surface area contributed by atoms with Gasteiger partial charge in [0.15, 0.2) is 0 Å². The van der Waals surface area contributed by atoms with Crippen molar-refractivity contribution in [2.45, 2.75) is 60.3 Å². The van der Waals surface area contributed by atoms with Gasteiger partial charge in [-0.2, -0.15) is 0 Å². The van der Waals surface area contributed by atoms with E-state index < -0.39 is 0 Å². The first-order chi connectivity index (χ1) is 6.00. The molecule has 0 heterocycles. The third-order valence-electron chi connectivity index (χ3n) is 4.23. The fourth-order valence-electron chi connectivity index (χ4n) is 2.70. The highest BCUT2D eigenvalue weighted by atomic mass is 14.6. The molecule has 0 heteroatoms. The van der Waals surface area contributed by atoms with Crippen LogP contribution in [0.5, 0.6) is 0 Å². The zero-order valence-corrected chi connectivity index (χ0v) is 10.1. The maximum Gasteiger partial charge on any atom is -0.0269 e. The molecule has 0 aromatic carbocycles. The van der Waals surface area contributed by atoms with Crippen LogP contribution in [0, 0.1) is 23.2 Å². The predicted molar refractivity (Wildman–Crippen MR) is 59.7 cm³/mol. The summed E-state index contributed by atoms with van der Waals surface area (Å²) in [7, 11) is 0. The van der Waals surface area contributed by atoms with Crippen LogP contribution in [-0.4, -0.2) is 0 Å². The molecule has 13 heavy (non-hydrogen) atoms. The van der Waals surface area contributed by atoms with Crippen molar-refractivity contribution in [3.05, 3.63) is 0 Å². The molecule has 0 spiro atoms. The SMILES string of the molecule is CCC(CCC(C)C)C1(C)CC1C. The molecule has 78 valence electrons. The van der Waals surface area contributed by atoms with E-state index in [0.717, 1.165) is 17.8 Å². The third-order valence-corrected chi connectivity index (χ3v) is 4.23. The Labute approximate surface area is 84.1 Å². The van der Waals surface area contributed by atoms with Gasteiger partial charge in [0.05, 0.1) is 0 Å². The Morgan fingerprint density at radius 3 is 2.15 bits per heavy atom. The molecule has 3 unspecified atom stereocenters. The van der Waals surface area contributed by atoms with E-state index in [-0.39, 0.29) is 0 Å². The van der Waals surface area contributed by atoms with Crippen molar-refractivity contribution in [1.29, 1.82) is 0 Å². The Morgan fingerprint density at radius 1 is 1.31 bits per heavy atom. The second-order valence-electron chi connectivity index (χ2n) is 5.69. The highest BCUT2D eigenvalue weighted by Crippen LogP contribution is 2.59. The number of hydrogen-bond acceptors (Lipinski definition) is 0. The lowest BCUT2D eigenvalue weighted by Gasteiger charge is -2.24. The molecule has 0 amide bonds. The smallest absolute Gasteiger partial charge is 0.0269 e. The Hall–Kier alpha value is 0. The van der Waals surface area contributed by atoms with E-state index in [1.54, 1.807) is 0 Å². The first-order valence-electron chi connectivity index (χ1n) is 6.00. The van der Waals surface area contributed by atoms with E-state index in [4.69, 9.17) is 0 Å². The van der Waals surface area contributed by atoms with Crippen molar-refractivity contribution in [3.8, 4) is 0 Å². The summed E-state index contributed by atoms with van der Waals surface area (Å²) in [4.78, 5) is 0. The molecule has 1 saturated carbocycles. The maximum atomic E-state index is 2.49. The van der Waals surface area contributed by atoms with E-state index in [2.05, 4.69) is 34.6 Å². The second-order valence-corrected chi connectivity index (χ2v) is 5.69. The fourth-order valence-corrected chi connectivity index (χ4v) is 2.70. The lowest BCUT2D eigenvalue weighted by Crippen LogP contribution is -2.14. The molecular formula is C13H26. The van der Waals surface area contributed by atoms with E-state index in [9.17, 15) is 0 Å². The lowest BCUT2D eigenvalue weighted by atomic mass is 9.82. The zero-order chi connectivity index (χ0) is 10.1. The maximum absolute atomic E-state index is 2.49. The lowest BCUT2D eigenvalue weighted by molar-refractivity contribution is 0.266. The van der Waals surface area contributed by atoms with Gasteiger partial charge in [-0.1, -0.05) is 47.5 Å². The average Bonchev–Trinajstić information content (AvgIpc) is 2.61. The summed E-state index contributed by atoms with van der Waals surface area (Å²) in [5.41, 5.74) is 0.712. The molecule has 0 aromatic rings. The molecule has 0 bridgehead atoms. The molecule has 0 radical (unpaired) electrons. The minimum Gasteiger partial charge on any atom is -0.0651 e. The molecule has 1 fully saturated rings. The van der Waals surface area contributed by atoms with Gasteiger partial charge in [0, 0.05) is 0 Å². The molecule has 0 saturated heterocycles. The van der Waals surface area contributed by atoms with Gasteiger partial charge < -0.3 is 0 Å². The van der Waals surface area contributed by atoms with Crippen LogP contribution < -0.4 is 0 Å². The van der Waals surface area contributed by atoms with Gasteiger partial charge in [-0.25, -0.2) is 0 Å². The third kappa shape index (κ3) is 2.48. The van der Waals surface area contributed by atoms with E-state index in [0.29, 0.717) is 5.41 Å². The highest BCUT2D eigenvalue weighted by molar-refractivity contribution is 5.00. The molecule has 1 rings (SSSR count). The molecule has 1 aliphatic carbocycles. The summed E-state index contributed by atoms with van der Waals surface area (Å²) >= 11 is 0. The van der Waals surface area contributed by atoms with E-state index in [1.807, 2.05) is 0 Å².